The van der Waals surface area contributed by atoms with Gasteiger partial charge >= 0.3 is 6.09 Å². The first-order valence-electron chi connectivity index (χ1n) is 6.54. The van der Waals surface area contributed by atoms with Crippen molar-refractivity contribution in [2.24, 2.45) is 5.92 Å². The molecule has 1 aromatic rings. The van der Waals surface area contributed by atoms with Crippen molar-refractivity contribution in [3.05, 3.63) is 29.8 Å². The second-order valence-corrected chi connectivity index (χ2v) is 5.21. The van der Waals surface area contributed by atoms with Crippen molar-refractivity contribution < 1.29 is 9.53 Å². The highest BCUT2D eigenvalue weighted by atomic mass is 16.6. The van der Waals surface area contributed by atoms with Crippen molar-refractivity contribution in [3.63, 3.8) is 0 Å². The maximum atomic E-state index is 11.4. The molecule has 0 spiro atoms. The molecular weight excluding hydrogens is 226 g/mol. The fraction of sp³-hybridized carbons (Fsp3) is 0.533. The molecule has 0 fully saturated rings. The molecule has 0 bridgehead atoms. The Kier molecular flexibility index (Phi) is 5.69. The SMILES string of the molecule is CC(C)CCc1ccc(NC(=O)OC(C)C)cc1. The topological polar surface area (TPSA) is 38.3 Å². The molecule has 3 heteroatoms. The van der Waals surface area contributed by atoms with Crippen LogP contribution in [0, 0.1) is 5.92 Å². The van der Waals surface area contributed by atoms with E-state index in [4.69, 9.17) is 4.74 Å². The van der Waals surface area contributed by atoms with Crippen LogP contribution in [0.25, 0.3) is 0 Å². The fourth-order valence-corrected chi connectivity index (χ4v) is 1.57. The molecule has 0 aliphatic heterocycles. The van der Waals surface area contributed by atoms with Crippen LogP contribution in [-0.2, 0) is 11.2 Å². The zero-order valence-electron chi connectivity index (χ0n) is 11.7. The highest BCUT2D eigenvalue weighted by molar-refractivity contribution is 5.84. The second kappa shape index (κ2) is 7.04. The molecule has 0 atom stereocenters. The van der Waals surface area contributed by atoms with Gasteiger partial charge in [-0.15, -0.1) is 0 Å². The second-order valence-electron chi connectivity index (χ2n) is 5.21. The molecule has 0 radical (unpaired) electrons. The van der Waals surface area contributed by atoms with Crippen LogP contribution in [0.2, 0.25) is 0 Å². The van der Waals surface area contributed by atoms with Crippen LogP contribution in [0.3, 0.4) is 0 Å². The van der Waals surface area contributed by atoms with Gasteiger partial charge in [0.25, 0.3) is 0 Å². The molecule has 0 saturated carbocycles. The van der Waals surface area contributed by atoms with Crippen LogP contribution < -0.4 is 5.32 Å². The summed E-state index contributed by atoms with van der Waals surface area (Å²) in [5.41, 5.74) is 2.07. The molecule has 1 amide bonds. The number of benzene rings is 1. The van der Waals surface area contributed by atoms with Crippen LogP contribution in [0.1, 0.15) is 39.7 Å². The van der Waals surface area contributed by atoms with Gasteiger partial charge in [0.15, 0.2) is 0 Å². The first-order valence-corrected chi connectivity index (χ1v) is 6.54. The van der Waals surface area contributed by atoms with E-state index < -0.39 is 6.09 Å². The molecule has 1 N–H and O–H groups in total. The molecule has 0 saturated heterocycles. The van der Waals surface area contributed by atoms with E-state index in [0.29, 0.717) is 5.92 Å². The number of amides is 1. The summed E-state index contributed by atoms with van der Waals surface area (Å²) in [5.74, 6) is 0.712. The van der Waals surface area contributed by atoms with Crippen molar-refractivity contribution >= 4 is 11.8 Å². The highest BCUT2D eigenvalue weighted by Gasteiger charge is 2.05. The molecule has 0 aliphatic carbocycles. The Balaban J connectivity index is 2.47. The maximum Gasteiger partial charge on any atom is 0.411 e. The van der Waals surface area contributed by atoms with Crippen molar-refractivity contribution in [1.29, 1.82) is 0 Å². The van der Waals surface area contributed by atoms with Gasteiger partial charge in [-0.05, 0) is 50.3 Å². The number of nitrogens with one attached hydrogen (secondary N) is 1. The van der Waals surface area contributed by atoms with E-state index in [0.717, 1.165) is 12.1 Å². The Morgan fingerprint density at radius 3 is 2.28 bits per heavy atom. The third-order valence-corrected chi connectivity index (χ3v) is 2.55. The number of anilines is 1. The van der Waals surface area contributed by atoms with Crippen molar-refractivity contribution in [3.8, 4) is 0 Å². The summed E-state index contributed by atoms with van der Waals surface area (Å²) in [5, 5.41) is 2.70. The molecule has 1 aromatic carbocycles. The number of rotatable bonds is 5. The third-order valence-electron chi connectivity index (χ3n) is 2.55. The fourth-order valence-electron chi connectivity index (χ4n) is 1.57. The third kappa shape index (κ3) is 5.71. The molecule has 0 unspecified atom stereocenters. The highest BCUT2D eigenvalue weighted by Crippen LogP contribution is 2.13. The summed E-state index contributed by atoms with van der Waals surface area (Å²) in [4.78, 5) is 11.4. The van der Waals surface area contributed by atoms with Crippen molar-refractivity contribution in [2.45, 2.75) is 46.6 Å². The average molecular weight is 249 g/mol. The molecule has 0 aliphatic rings. The van der Waals surface area contributed by atoms with Gasteiger partial charge in [0.2, 0.25) is 0 Å². The van der Waals surface area contributed by atoms with Gasteiger partial charge in [0, 0.05) is 5.69 Å². The van der Waals surface area contributed by atoms with E-state index >= 15 is 0 Å². The van der Waals surface area contributed by atoms with Gasteiger partial charge in [-0.3, -0.25) is 5.32 Å². The molecule has 100 valence electrons. The van der Waals surface area contributed by atoms with Crippen molar-refractivity contribution in [2.75, 3.05) is 5.32 Å². The van der Waals surface area contributed by atoms with Gasteiger partial charge in [0.1, 0.15) is 0 Å². The Labute approximate surface area is 110 Å². The van der Waals surface area contributed by atoms with Crippen LogP contribution in [0.5, 0.6) is 0 Å². The average Bonchev–Trinajstić information content (AvgIpc) is 2.26. The van der Waals surface area contributed by atoms with Gasteiger partial charge in [-0.1, -0.05) is 26.0 Å². The number of aryl methyl sites for hydroxylation is 1. The number of carbonyl (C=O) groups excluding carboxylic acids is 1. The first-order chi connectivity index (χ1) is 8.47. The Hall–Kier alpha value is -1.51. The number of hydrogen-bond acceptors (Lipinski definition) is 2. The van der Waals surface area contributed by atoms with Crippen LogP contribution >= 0.6 is 0 Å². The standard InChI is InChI=1S/C15H23NO2/c1-11(2)5-6-13-7-9-14(10-8-13)16-15(17)18-12(3)4/h7-12H,5-6H2,1-4H3,(H,16,17). The number of carbonyl (C=O) groups is 1. The van der Waals surface area contributed by atoms with Gasteiger partial charge in [-0.25, -0.2) is 4.79 Å². The summed E-state index contributed by atoms with van der Waals surface area (Å²) in [6.45, 7) is 8.10. The summed E-state index contributed by atoms with van der Waals surface area (Å²) in [7, 11) is 0. The van der Waals surface area contributed by atoms with E-state index in [2.05, 4.69) is 19.2 Å². The largest absolute Gasteiger partial charge is 0.447 e. The lowest BCUT2D eigenvalue weighted by molar-refractivity contribution is 0.130. The van der Waals surface area contributed by atoms with Crippen molar-refractivity contribution in [1.82, 2.24) is 0 Å². The molecule has 0 aromatic heterocycles. The summed E-state index contributed by atoms with van der Waals surface area (Å²) in [6.07, 6.45) is 1.76. The van der Waals surface area contributed by atoms with E-state index in [1.165, 1.54) is 12.0 Å². The summed E-state index contributed by atoms with van der Waals surface area (Å²) >= 11 is 0. The Morgan fingerprint density at radius 1 is 1.17 bits per heavy atom. The smallest absolute Gasteiger partial charge is 0.411 e. The minimum atomic E-state index is -0.403. The normalized spacial score (nSPS) is 10.8. The first kappa shape index (κ1) is 14.6. The lowest BCUT2D eigenvalue weighted by Gasteiger charge is -2.10. The van der Waals surface area contributed by atoms with E-state index in [1.807, 2.05) is 38.1 Å². The predicted molar refractivity (Wildman–Crippen MR) is 74.8 cm³/mol. The van der Waals surface area contributed by atoms with Gasteiger partial charge < -0.3 is 4.74 Å². The molecule has 3 nitrogen and oxygen atoms in total. The maximum absolute atomic E-state index is 11.4. The lowest BCUT2D eigenvalue weighted by Crippen LogP contribution is -2.17. The minimum Gasteiger partial charge on any atom is -0.447 e. The zero-order valence-corrected chi connectivity index (χ0v) is 11.7. The monoisotopic (exact) mass is 249 g/mol. The van der Waals surface area contributed by atoms with E-state index in [1.54, 1.807) is 0 Å². The van der Waals surface area contributed by atoms with E-state index in [-0.39, 0.29) is 6.10 Å². The van der Waals surface area contributed by atoms with Crippen LogP contribution in [0.4, 0.5) is 10.5 Å². The molecule has 1 rings (SSSR count). The summed E-state index contributed by atoms with van der Waals surface area (Å²) in [6, 6.07) is 7.93. The molecule has 18 heavy (non-hydrogen) atoms. The zero-order chi connectivity index (χ0) is 13.5. The number of hydrogen-bond donors (Lipinski definition) is 1. The van der Waals surface area contributed by atoms with Gasteiger partial charge in [0.05, 0.1) is 6.10 Å². The molecule has 0 heterocycles. The van der Waals surface area contributed by atoms with Crippen LogP contribution in [-0.4, -0.2) is 12.2 Å². The molecular formula is C15H23NO2. The predicted octanol–water partition coefficient (Wildman–Crippen LogP) is 4.23. The summed E-state index contributed by atoms with van der Waals surface area (Å²) < 4.78 is 5.01. The number of ether oxygens (including phenoxy) is 1. The van der Waals surface area contributed by atoms with Crippen LogP contribution in [0.15, 0.2) is 24.3 Å². The minimum absolute atomic E-state index is 0.102. The Morgan fingerprint density at radius 2 is 1.78 bits per heavy atom. The Bertz CT molecular complexity index is 369. The lowest BCUT2D eigenvalue weighted by atomic mass is 10.0. The van der Waals surface area contributed by atoms with E-state index in [9.17, 15) is 4.79 Å². The quantitative estimate of drug-likeness (QED) is 0.848. The van der Waals surface area contributed by atoms with Gasteiger partial charge in [-0.2, -0.15) is 0 Å².